The van der Waals surface area contributed by atoms with Gasteiger partial charge in [-0.3, -0.25) is 0 Å². The third-order valence-electron chi connectivity index (χ3n) is 2.04. The fourth-order valence-electron chi connectivity index (χ4n) is 1.36. The topological polar surface area (TPSA) is 76.8 Å². The second-order valence-corrected chi connectivity index (χ2v) is 3.42. The molecule has 4 nitrogen and oxygen atoms in total. The Balaban J connectivity index is 3.38. The van der Waals surface area contributed by atoms with Crippen LogP contribution in [0.5, 0.6) is 0 Å². The van der Waals surface area contributed by atoms with Crippen molar-refractivity contribution in [2.75, 3.05) is 0 Å². The zero-order chi connectivity index (χ0) is 13.9. The van der Waals surface area contributed by atoms with E-state index >= 15 is 0 Å². The van der Waals surface area contributed by atoms with E-state index in [1.54, 1.807) is 0 Å². The van der Waals surface area contributed by atoms with Gasteiger partial charge in [0, 0.05) is 5.56 Å². The van der Waals surface area contributed by atoms with E-state index in [0.29, 0.717) is 6.21 Å². The van der Waals surface area contributed by atoms with E-state index in [-0.39, 0.29) is 5.56 Å². The number of guanidine groups is 1. The molecule has 0 spiro atoms. The third kappa shape index (κ3) is 3.19. The highest BCUT2D eigenvalue weighted by molar-refractivity contribution is 5.84. The zero-order valence-corrected chi connectivity index (χ0v) is 9.29. The molecule has 1 aromatic rings. The van der Waals surface area contributed by atoms with Crippen LogP contribution in [0.4, 0.5) is 17.6 Å². The van der Waals surface area contributed by atoms with Gasteiger partial charge in [0.05, 0.1) is 11.8 Å². The molecule has 0 fully saturated rings. The van der Waals surface area contributed by atoms with E-state index in [1.807, 2.05) is 0 Å². The summed E-state index contributed by atoms with van der Waals surface area (Å²) in [4.78, 5) is 0. The Kier molecular flexibility index (Phi) is 3.89. The van der Waals surface area contributed by atoms with Crippen LogP contribution < -0.4 is 11.5 Å². The van der Waals surface area contributed by atoms with Crippen molar-refractivity contribution in [3.63, 3.8) is 0 Å². The number of halogens is 4. The number of aryl methyl sites for hydroxylation is 1. The maximum atomic E-state index is 13.4. The van der Waals surface area contributed by atoms with E-state index in [1.165, 1.54) is 6.92 Å². The molecule has 0 unspecified atom stereocenters. The predicted molar refractivity (Wildman–Crippen MR) is 59.5 cm³/mol. The molecule has 0 saturated heterocycles. The molecule has 4 N–H and O–H groups in total. The molecule has 8 heteroatoms. The van der Waals surface area contributed by atoms with Crippen LogP contribution in [0, 0.1) is 12.7 Å². The summed E-state index contributed by atoms with van der Waals surface area (Å²) in [5.74, 6) is -1.49. The van der Waals surface area contributed by atoms with Crippen LogP contribution in [-0.2, 0) is 6.18 Å². The number of hydrogen-bond acceptors (Lipinski definition) is 2. The van der Waals surface area contributed by atoms with Gasteiger partial charge in [-0.2, -0.15) is 18.3 Å². The predicted octanol–water partition coefficient (Wildman–Crippen LogP) is 1.76. The lowest BCUT2D eigenvalue weighted by atomic mass is 10.0. The minimum atomic E-state index is -4.69. The lowest BCUT2D eigenvalue weighted by Gasteiger charge is -2.13. The van der Waals surface area contributed by atoms with Crippen LogP contribution in [0.15, 0.2) is 22.3 Å². The van der Waals surface area contributed by atoms with Crippen molar-refractivity contribution in [1.29, 1.82) is 0 Å². The summed E-state index contributed by atoms with van der Waals surface area (Å²) >= 11 is 0. The number of alkyl halides is 3. The van der Waals surface area contributed by atoms with Crippen LogP contribution in [0.25, 0.3) is 0 Å². The standard InChI is InChI=1S/C10H10F4N4/c1-5-2-3-7(11)6(4-17-18-9(15)16)8(5)10(12,13)14/h2-4H,1H3,(H4,15,16,18). The monoisotopic (exact) mass is 262 g/mol. The van der Waals surface area contributed by atoms with Crippen LogP contribution >= 0.6 is 0 Å². The van der Waals surface area contributed by atoms with Gasteiger partial charge in [-0.1, -0.05) is 6.07 Å². The Labute approximate surface area is 100.0 Å². The van der Waals surface area contributed by atoms with E-state index in [4.69, 9.17) is 11.5 Å². The van der Waals surface area contributed by atoms with E-state index in [2.05, 4.69) is 10.2 Å². The average molecular weight is 262 g/mol. The fraction of sp³-hybridized carbons (Fsp3) is 0.200. The quantitative estimate of drug-likeness (QED) is 0.369. The van der Waals surface area contributed by atoms with Crippen molar-refractivity contribution < 1.29 is 17.6 Å². The summed E-state index contributed by atoms with van der Waals surface area (Å²) in [6.45, 7) is 1.22. The molecule has 0 aliphatic carbocycles. The zero-order valence-electron chi connectivity index (χ0n) is 9.29. The highest BCUT2D eigenvalue weighted by Gasteiger charge is 2.36. The minimum absolute atomic E-state index is 0.116. The van der Waals surface area contributed by atoms with Crippen molar-refractivity contribution in [3.8, 4) is 0 Å². The fourth-order valence-corrected chi connectivity index (χ4v) is 1.36. The van der Waals surface area contributed by atoms with Gasteiger partial charge in [0.1, 0.15) is 5.82 Å². The molecular formula is C10H10F4N4. The van der Waals surface area contributed by atoms with Gasteiger partial charge in [-0.05, 0) is 18.6 Å². The highest BCUT2D eigenvalue weighted by atomic mass is 19.4. The second kappa shape index (κ2) is 5.03. The normalized spacial score (nSPS) is 11.8. The molecule has 0 atom stereocenters. The maximum Gasteiger partial charge on any atom is 0.417 e. The molecule has 98 valence electrons. The molecule has 0 radical (unpaired) electrons. The number of rotatable bonds is 2. The number of benzene rings is 1. The summed E-state index contributed by atoms with van der Waals surface area (Å²) in [6, 6.07) is 1.96. The smallest absolute Gasteiger partial charge is 0.369 e. The van der Waals surface area contributed by atoms with Crippen LogP contribution in [-0.4, -0.2) is 12.2 Å². The first kappa shape index (κ1) is 13.9. The van der Waals surface area contributed by atoms with Crippen molar-refractivity contribution in [2.24, 2.45) is 21.7 Å². The van der Waals surface area contributed by atoms with Crippen LogP contribution in [0.1, 0.15) is 16.7 Å². The SMILES string of the molecule is Cc1ccc(F)c(C=NN=C(N)N)c1C(F)(F)F. The summed E-state index contributed by atoms with van der Waals surface area (Å²) in [7, 11) is 0. The van der Waals surface area contributed by atoms with E-state index < -0.39 is 29.1 Å². The molecule has 1 rings (SSSR count). The van der Waals surface area contributed by atoms with Crippen molar-refractivity contribution >= 4 is 12.2 Å². The summed E-state index contributed by atoms with van der Waals surface area (Å²) < 4.78 is 51.7. The van der Waals surface area contributed by atoms with Gasteiger partial charge < -0.3 is 11.5 Å². The lowest BCUT2D eigenvalue weighted by molar-refractivity contribution is -0.138. The van der Waals surface area contributed by atoms with Gasteiger partial charge in [0.2, 0.25) is 5.96 Å². The van der Waals surface area contributed by atoms with Gasteiger partial charge in [0.15, 0.2) is 0 Å². The van der Waals surface area contributed by atoms with Crippen molar-refractivity contribution in [3.05, 3.63) is 34.6 Å². The summed E-state index contributed by atoms with van der Waals surface area (Å²) in [5, 5.41) is 6.31. The Bertz CT molecular complexity index is 501. The second-order valence-electron chi connectivity index (χ2n) is 3.42. The first-order chi connectivity index (χ1) is 8.23. The summed E-state index contributed by atoms with van der Waals surface area (Å²) in [5.41, 5.74) is 7.98. The number of nitrogens with zero attached hydrogens (tertiary/aromatic N) is 2. The third-order valence-corrected chi connectivity index (χ3v) is 2.04. The first-order valence-electron chi connectivity index (χ1n) is 4.71. The Morgan fingerprint density at radius 2 is 1.89 bits per heavy atom. The van der Waals surface area contributed by atoms with E-state index in [0.717, 1.165) is 12.1 Å². The molecule has 0 amide bonds. The maximum absolute atomic E-state index is 13.4. The molecule has 1 aromatic carbocycles. The first-order valence-corrected chi connectivity index (χ1v) is 4.71. The van der Waals surface area contributed by atoms with Gasteiger partial charge in [0.25, 0.3) is 0 Å². The van der Waals surface area contributed by atoms with Gasteiger partial charge >= 0.3 is 6.18 Å². The van der Waals surface area contributed by atoms with Crippen LogP contribution in [0.3, 0.4) is 0 Å². The van der Waals surface area contributed by atoms with Crippen molar-refractivity contribution in [1.82, 2.24) is 0 Å². The molecular weight excluding hydrogens is 252 g/mol. The van der Waals surface area contributed by atoms with Gasteiger partial charge in [-0.25, -0.2) is 4.39 Å². The molecule has 0 aliphatic heterocycles. The molecule has 0 aliphatic rings. The minimum Gasteiger partial charge on any atom is -0.369 e. The molecule has 0 heterocycles. The molecule has 0 saturated carbocycles. The lowest BCUT2D eigenvalue weighted by Crippen LogP contribution is -2.21. The van der Waals surface area contributed by atoms with E-state index in [9.17, 15) is 17.6 Å². The molecule has 18 heavy (non-hydrogen) atoms. The Hall–Kier alpha value is -2.12. The van der Waals surface area contributed by atoms with Crippen molar-refractivity contribution in [2.45, 2.75) is 13.1 Å². The Morgan fingerprint density at radius 1 is 1.28 bits per heavy atom. The number of nitrogens with two attached hydrogens (primary N) is 2. The largest absolute Gasteiger partial charge is 0.417 e. The molecule has 0 aromatic heterocycles. The summed E-state index contributed by atoms with van der Waals surface area (Å²) in [6.07, 6.45) is -4.06. The van der Waals surface area contributed by atoms with Crippen LogP contribution in [0.2, 0.25) is 0 Å². The molecule has 0 bridgehead atoms. The van der Waals surface area contributed by atoms with Gasteiger partial charge in [-0.15, -0.1) is 5.10 Å². The highest BCUT2D eigenvalue weighted by Crippen LogP contribution is 2.34. The average Bonchev–Trinajstić information content (AvgIpc) is 2.20. The number of hydrogen-bond donors (Lipinski definition) is 2. The Morgan fingerprint density at radius 3 is 2.39 bits per heavy atom.